The van der Waals surface area contributed by atoms with E-state index in [1.165, 1.54) is 10.8 Å². The number of nitrogens with one attached hydrogen (secondary N) is 1. The highest BCUT2D eigenvalue weighted by Crippen LogP contribution is 2.29. The van der Waals surface area contributed by atoms with E-state index in [0.29, 0.717) is 48.2 Å². The first kappa shape index (κ1) is 21.5. The Morgan fingerprint density at radius 1 is 1.09 bits per heavy atom. The number of aromatic nitrogens is 5. The van der Waals surface area contributed by atoms with Gasteiger partial charge >= 0.3 is 0 Å². The van der Waals surface area contributed by atoms with Crippen LogP contribution in [0.4, 0.5) is 0 Å². The van der Waals surface area contributed by atoms with Crippen molar-refractivity contribution in [2.24, 2.45) is 0 Å². The molecule has 0 amide bonds. The van der Waals surface area contributed by atoms with Crippen LogP contribution in [0, 0.1) is 0 Å². The van der Waals surface area contributed by atoms with Crippen molar-refractivity contribution in [3.8, 4) is 23.1 Å². The molecule has 35 heavy (non-hydrogen) atoms. The average Bonchev–Trinajstić information content (AvgIpc) is 2.91. The molecule has 5 heterocycles. The van der Waals surface area contributed by atoms with Crippen molar-refractivity contribution >= 4 is 11.2 Å². The lowest BCUT2D eigenvalue weighted by molar-refractivity contribution is 0.170. The Morgan fingerprint density at radius 3 is 2.86 bits per heavy atom. The molecule has 1 aliphatic carbocycles. The van der Waals surface area contributed by atoms with Crippen LogP contribution in [0.3, 0.4) is 0 Å². The van der Waals surface area contributed by atoms with E-state index < -0.39 is 0 Å². The summed E-state index contributed by atoms with van der Waals surface area (Å²) in [5, 5.41) is 3.59. The second kappa shape index (κ2) is 8.95. The van der Waals surface area contributed by atoms with E-state index >= 15 is 0 Å². The van der Waals surface area contributed by atoms with Gasteiger partial charge in [-0.3, -0.25) is 19.3 Å². The van der Waals surface area contributed by atoms with Crippen LogP contribution < -0.4 is 25.1 Å². The fourth-order valence-electron chi connectivity index (χ4n) is 4.56. The maximum Gasteiger partial charge on any atom is 0.275 e. The molecule has 0 saturated carbocycles. The summed E-state index contributed by atoms with van der Waals surface area (Å²) < 4.78 is 18.0. The van der Waals surface area contributed by atoms with Gasteiger partial charge in [-0.15, -0.1) is 0 Å². The lowest BCUT2D eigenvalue weighted by Crippen LogP contribution is -2.35. The van der Waals surface area contributed by atoms with Gasteiger partial charge in [0.1, 0.15) is 18.7 Å². The van der Waals surface area contributed by atoms with Crippen molar-refractivity contribution in [1.82, 2.24) is 29.8 Å². The highest BCUT2D eigenvalue weighted by molar-refractivity contribution is 5.72. The van der Waals surface area contributed by atoms with Gasteiger partial charge in [0.05, 0.1) is 37.1 Å². The standard InChI is InChI=1S/C25H24N6O4/c1-33-23-5-4-19-25(30-23)31(24(32)14-29-19)18-8-15-2-3-16(9-20(15)28-12-18)26-11-17-10-21-22(13-27-17)35-7-6-34-21/h4-5,8,10,12-14,16,26H,2-3,6-7,9,11H2,1H3. The van der Waals surface area contributed by atoms with E-state index in [1.54, 1.807) is 31.6 Å². The zero-order chi connectivity index (χ0) is 23.8. The van der Waals surface area contributed by atoms with Gasteiger partial charge in [-0.25, -0.2) is 4.98 Å². The van der Waals surface area contributed by atoms with E-state index in [1.807, 2.05) is 12.1 Å². The number of fused-ring (bicyclic) bond motifs is 3. The topological polar surface area (TPSA) is 113 Å². The molecule has 0 spiro atoms. The van der Waals surface area contributed by atoms with Gasteiger partial charge in [0.2, 0.25) is 5.88 Å². The minimum absolute atomic E-state index is 0.262. The molecule has 2 aliphatic rings. The van der Waals surface area contributed by atoms with Gasteiger partial charge in [0, 0.05) is 36.8 Å². The van der Waals surface area contributed by atoms with Crippen LogP contribution >= 0.6 is 0 Å². The smallest absolute Gasteiger partial charge is 0.275 e. The summed E-state index contributed by atoms with van der Waals surface area (Å²) in [4.78, 5) is 30.6. The molecule has 4 aromatic heterocycles. The molecule has 0 saturated heterocycles. The summed E-state index contributed by atoms with van der Waals surface area (Å²) in [6, 6.07) is 7.76. The molecule has 0 aromatic carbocycles. The van der Waals surface area contributed by atoms with Crippen LogP contribution in [0.5, 0.6) is 17.4 Å². The molecule has 0 fully saturated rings. The summed E-state index contributed by atoms with van der Waals surface area (Å²) >= 11 is 0. The Kier molecular flexibility index (Phi) is 5.49. The van der Waals surface area contributed by atoms with Crippen LogP contribution in [0.15, 0.2) is 47.7 Å². The van der Waals surface area contributed by atoms with E-state index in [0.717, 1.165) is 42.0 Å². The van der Waals surface area contributed by atoms with Crippen LogP contribution in [0.2, 0.25) is 0 Å². The van der Waals surface area contributed by atoms with E-state index in [-0.39, 0.29) is 11.6 Å². The van der Waals surface area contributed by atoms with Gasteiger partial charge in [-0.05, 0) is 30.5 Å². The fraction of sp³-hybridized carbons (Fsp3) is 0.320. The first-order valence-electron chi connectivity index (χ1n) is 11.6. The highest BCUT2D eigenvalue weighted by Gasteiger charge is 2.21. The Balaban J connectivity index is 1.21. The summed E-state index contributed by atoms with van der Waals surface area (Å²) in [6.07, 6.45) is 7.38. The molecule has 1 unspecified atom stereocenters. The van der Waals surface area contributed by atoms with Gasteiger partial charge in [-0.2, -0.15) is 4.98 Å². The number of nitrogens with zero attached hydrogens (tertiary/aromatic N) is 5. The second-order valence-corrected chi connectivity index (χ2v) is 8.57. The lowest BCUT2D eigenvalue weighted by Gasteiger charge is -2.25. The molecule has 10 nitrogen and oxygen atoms in total. The largest absolute Gasteiger partial charge is 0.486 e. The first-order chi connectivity index (χ1) is 17.2. The van der Waals surface area contributed by atoms with Crippen LogP contribution in [-0.2, 0) is 19.4 Å². The lowest BCUT2D eigenvalue weighted by atomic mass is 9.91. The Labute approximate surface area is 200 Å². The maximum atomic E-state index is 12.7. The van der Waals surface area contributed by atoms with Crippen molar-refractivity contribution in [2.75, 3.05) is 20.3 Å². The van der Waals surface area contributed by atoms with Crippen molar-refractivity contribution in [3.05, 3.63) is 70.2 Å². The predicted molar refractivity (Wildman–Crippen MR) is 127 cm³/mol. The van der Waals surface area contributed by atoms with Crippen molar-refractivity contribution in [1.29, 1.82) is 0 Å². The van der Waals surface area contributed by atoms with Crippen molar-refractivity contribution < 1.29 is 14.2 Å². The SMILES string of the molecule is COc1ccc2ncc(=O)n(-c3cnc4c(c3)CCC(NCc3cc5c(cn3)OCCO5)C4)c2n1. The quantitative estimate of drug-likeness (QED) is 0.466. The first-order valence-corrected chi connectivity index (χ1v) is 11.6. The number of aryl methyl sites for hydroxylation is 1. The molecule has 0 bridgehead atoms. The maximum absolute atomic E-state index is 12.7. The van der Waals surface area contributed by atoms with Crippen molar-refractivity contribution in [2.45, 2.75) is 31.8 Å². The molecule has 6 rings (SSSR count). The number of methoxy groups -OCH3 is 1. The molecule has 1 atom stereocenters. The van der Waals surface area contributed by atoms with Crippen molar-refractivity contribution in [3.63, 3.8) is 0 Å². The summed E-state index contributed by atoms with van der Waals surface area (Å²) in [7, 11) is 1.54. The normalized spacial score (nSPS) is 16.7. The van der Waals surface area contributed by atoms with Gasteiger partial charge in [-0.1, -0.05) is 0 Å². The second-order valence-electron chi connectivity index (χ2n) is 8.57. The zero-order valence-electron chi connectivity index (χ0n) is 19.2. The monoisotopic (exact) mass is 472 g/mol. The van der Waals surface area contributed by atoms with Gasteiger partial charge in [0.15, 0.2) is 17.1 Å². The van der Waals surface area contributed by atoms with E-state index in [4.69, 9.17) is 19.2 Å². The minimum Gasteiger partial charge on any atom is -0.486 e. The summed E-state index contributed by atoms with van der Waals surface area (Å²) in [5.74, 6) is 1.87. The third-order valence-corrected chi connectivity index (χ3v) is 6.35. The third-order valence-electron chi connectivity index (χ3n) is 6.35. The minimum atomic E-state index is -0.262. The molecular formula is C25H24N6O4. The Bertz CT molecular complexity index is 1470. The molecule has 1 N–H and O–H groups in total. The molecular weight excluding hydrogens is 448 g/mol. The Hall–Kier alpha value is -4.05. The molecule has 4 aromatic rings. The molecule has 10 heteroatoms. The number of pyridine rings is 3. The van der Waals surface area contributed by atoms with Crippen LogP contribution in [0.25, 0.3) is 16.9 Å². The predicted octanol–water partition coefficient (Wildman–Crippen LogP) is 2.00. The molecule has 178 valence electrons. The Morgan fingerprint density at radius 2 is 1.97 bits per heavy atom. The van der Waals surface area contributed by atoms with Crippen LogP contribution in [-0.4, -0.2) is 50.9 Å². The van der Waals surface area contributed by atoms with Gasteiger partial charge < -0.3 is 19.5 Å². The molecule has 1 aliphatic heterocycles. The summed E-state index contributed by atoms with van der Waals surface area (Å²) in [5.41, 5.74) is 4.55. The summed E-state index contributed by atoms with van der Waals surface area (Å²) in [6.45, 7) is 1.75. The van der Waals surface area contributed by atoms with Crippen LogP contribution in [0.1, 0.15) is 23.4 Å². The highest BCUT2D eigenvalue weighted by atomic mass is 16.6. The fourth-order valence-corrected chi connectivity index (χ4v) is 4.56. The average molecular weight is 473 g/mol. The number of ether oxygens (including phenoxy) is 3. The van der Waals surface area contributed by atoms with E-state index in [9.17, 15) is 4.79 Å². The van der Waals surface area contributed by atoms with Gasteiger partial charge in [0.25, 0.3) is 5.56 Å². The van der Waals surface area contributed by atoms with E-state index in [2.05, 4.69) is 20.3 Å². The number of hydrogen-bond donors (Lipinski definition) is 1. The number of rotatable bonds is 5. The third kappa shape index (κ3) is 4.17. The number of hydrogen-bond acceptors (Lipinski definition) is 9. The molecule has 0 radical (unpaired) electrons. The zero-order valence-corrected chi connectivity index (χ0v) is 19.2.